The number of hydrogen-bond acceptors (Lipinski definition) is 3. The van der Waals surface area contributed by atoms with Gasteiger partial charge in [-0.25, -0.2) is 4.79 Å². The Balaban J connectivity index is 1.53. The Morgan fingerprint density at radius 1 is 1.03 bits per heavy atom. The minimum Gasteiger partial charge on any atom is -0.497 e. The van der Waals surface area contributed by atoms with Crippen molar-refractivity contribution >= 4 is 23.3 Å². The molecule has 0 bridgehead atoms. The first-order chi connectivity index (χ1) is 16.4. The normalized spacial score (nSPS) is 25.7. The fourth-order valence-corrected chi connectivity index (χ4v) is 6.48. The quantitative estimate of drug-likeness (QED) is 0.428. The number of halogens is 1. The molecule has 2 aliphatic carbocycles. The summed E-state index contributed by atoms with van der Waals surface area (Å²) < 4.78 is 5.56. The van der Waals surface area contributed by atoms with Crippen LogP contribution in [0.3, 0.4) is 0 Å². The Morgan fingerprint density at radius 3 is 2.50 bits per heavy atom. The van der Waals surface area contributed by atoms with Crippen LogP contribution >= 0.6 is 11.6 Å². The Hall–Kier alpha value is -2.98. The molecule has 3 aromatic carbocycles. The van der Waals surface area contributed by atoms with Gasteiger partial charge in [0, 0.05) is 16.1 Å². The first-order valence-corrected chi connectivity index (χ1v) is 12.2. The van der Waals surface area contributed by atoms with Gasteiger partial charge in [0.15, 0.2) is 0 Å². The molecule has 0 amide bonds. The van der Waals surface area contributed by atoms with Crippen LogP contribution in [0.15, 0.2) is 66.7 Å². The molecule has 0 heterocycles. The van der Waals surface area contributed by atoms with E-state index in [2.05, 4.69) is 48.6 Å². The molecule has 176 valence electrons. The molecule has 4 nitrogen and oxygen atoms in total. The fraction of sp³-hybridized carbons (Fsp3) is 0.345. The zero-order valence-electron chi connectivity index (χ0n) is 19.6. The van der Waals surface area contributed by atoms with Crippen molar-refractivity contribution in [1.82, 2.24) is 0 Å². The lowest BCUT2D eigenvalue weighted by molar-refractivity contribution is -0.144. The summed E-state index contributed by atoms with van der Waals surface area (Å²) in [6, 6.07) is 22.4. The highest BCUT2D eigenvalue weighted by Crippen LogP contribution is 2.58. The van der Waals surface area contributed by atoms with Gasteiger partial charge in [0.1, 0.15) is 11.3 Å². The van der Waals surface area contributed by atoms with Crippen molar-refractivity contribution in [2.45, 2.75) is 55.9 Å². The third kappa shape index (κ3) is 3.74. The third-order valence-corrected chi connectivity index (χ3v) is 8.36. The lowest BCUT2D eigenvalue weighted by Crippen LogP contribution is -2.52. The summed E-state index contributed by atoms with van der Waals surface area (Å²) in [4.78, 5) is 12.6. The number of ether oxygens (including phenoxy) is 1. The summed E-state index contributed by atoms with van der Waals surface area (Å²) in [5.74, 6) is 0.353. The number of rotatable bonds is 5. The van der Waals surface area contributed by atoms with E-state index < -0.39 is 11.5 Å². The predicted octanol–water partition coefficient (Wildman–Crippen LogP) is 6.74. The number of fused-ring (bicyclic) bond motifs is 2. The first-order valence-electron chi connectivity index (χ1n) is 11.9. The first kappa shape index (κ1) is 22.8. The Morgan fingerprint density at radius 2 is 1.79 bits per heavy atom. The Bertz CT molecular complexity index is 1230. The van der Waals surface area contributed by atoms with Gasteiger partial charge in [-0.3, -0.25) is 0 Å². The van der Waals surface area contributed by atoms with Crippen LogP contribution in [-0.4, -0.2) is 23.7 Å². The highest BCUT2D eigenvalue weighted by atomic mass is 35.5. The number of aryl methyl sites for hydroxylation is 1. The fourth-order valence-electron chi connectivity index (χ4n) is 6.29. The number of aliphatic carboxylic acids is 1. The van der Waals surface area contributed by atoms with E-state index in [0.717, 1.165) is 30.7 Å². The van der Waals surface area contributed by atoms with Crippen LogP contribution in [-0.2, 0) is 16.6 Å². The molecule has 1 fully saturated rings. The lowest BCUT2D eigenvalue weighted by atomic mass is 9.59. The molecular weight excluding hydrogens is 446 g/mol. The second kappa shape index (κ2) is 8.66. The maximum atomic E-state index is 12.6. The molecule has 34 heavy (non-hydrogen) atoms. The molecule has 5 rings (SSSR count). The molecule has 2 N–H and O–H groups in total. The smallest absolute Gasteiger partial charge is 0.329 e. The molecule has 0 radical (unpaired) electrons. The minimum absolute atomic E-state index is 0.0946. The number of carbonyl (C=O) groups is 1. The number of carboxylic acids is 1. The molecule has 5 heteroatoms. The van der Waals surface area contributed by atoms with Crippen molar-refractivity contribution in [3.05, 3.63) is 94.0 Å². The van der Waals surface area contributed by atoms with Crippen molar-refractivity contribution in [3.63, 3.8) is 0 Å². The number of benzene rings is 3. The van der Waals surface area contributed by atoms with Gasteiger partial charge < -0.3 is 15.2 Å². The SMILES string of the molecule is COc1ccc(C)c([C@H]2Cc3ccccc3C23CCC(Nc2cccc(Cl)c2)(C(=O)O)CC3)c1. The van der Waals surface area contributed by atoms with Crippen molar-refractivity contribution in [3.8, 4) is 5.75 Å². The second-order valence-corrected chi connectivity index (χ2v) is 10.3. The van der Waals surface area contributed by atoms with Gasteiger partial charge in [0.2, 0.25) is 0 Å². The van der Waals surface area contributed by atoms with Crippen molar-refractivity contribution in [2.24, 2.45) is 0 Å². The van der Waals surface area contributed by atoms with E-state index in [1.165, 1.54) is 22.3 Å². The van der Waals surface area contributed by atoms with Crippen LogP contribution in [0.25, 0.3) is 0 Å². The largest absolute Gasteiger partial charge is 0.497 e. The molecule has 0 aliphatic heterocycles. The zero-order valence-corrected chi connectivity index (χ0v) is 20.4. The molecule has 0 aromatic heterocycles. The second-order valence-electron chi connectivity index (χ2n) is 9.82. The number of anilines is 1. The van der Waals surface area contributed by atoms with E-state index in [1.807, 2.05) is 18.2 Å². The number of methoxy groups -OCH3 is 1. The van der Waals surface area contributed by atoms with Crippen LogP contribution in [0.1, 0.15) is 53.9 Å². The van der Waals surface area contributed by atoms with Crippen molar-refractivity contribution < 1.29 is 14.6 Å². The van der Waals surface area contributed by atoms with E-state index in [4.69, 9.17) is 16.3 Å². The predicted molar refractivity (Wildman–Crippen MR) is 136 cm³/mol. The van der Waals surface area contributed by atoms with Crippen molar-refractivity contribution in [1.29, 1.82) is 0 Å². The van der Waals surface area contributed by atoms with Crippen LogP contribution in [0.2, 0.25) is 5.02 Å². The summed E-state index contributed by atoms with van der Waals surface area (Å²) in [6.45, 7) is 2.16. The van der Waals surface area contributed by atoms with E-state index in [1.54, 1.807) is 19.2 Å². The topological polar surface area (TPSA) is 58.6 Å². The van der Waals surface area contributed by atoms with Crippen LogP contribution in [0.4, 0.5) is 5.69 Å². The standard InChI is InChI=1S/C29H30ClNO3/c1-19-10-11-23(34-2)18-24(19)26-16-20-6-3-4-9-25(20)28(26)12-14-29(15-13-28,27(32)33)31-22-8-5-7-21(30)17-22/h3-11,17-18,26,31H,12-16H2,1-2H3,(H,32,33)/t26-,28?,29?/m1/s1. The average molecular weight is 476 g/mol. The minimum atomic E-state index is -1.01. The van der Waals surface area contributed by atoms with Crippen molar-refractivity contribution in [2.75, 3.05) is 12.4 Å². The summed E-state index contributed by atoms with van der Waals surface area (Å²) in [5.41, 5.74) is 4.96. The Labute approximate surface area is 205 Å². The molecule has 2 aliphatic rings. The number of nitrogens with one attached hydrogen (secondary N) is 1. The summed E-state index contributed by atoms with van der Waals surface area (Å²) in [6.07, 6.45) is 3.65. The number of carboxylic acid groups (broad SMARTS) is 1. The van der Waals surface area contributed by atoms with Crippen LogP contribution in [0.5, 0.6) is 5.75 Å². The van der Waals surface area contributed by atoms with Gasteiger partial charge in [0.05, 0.1) is 7.11 Å². The summed E-state index contributed by atoms with van der Waals surface area (Å²) >= 11 is 6.17. The molecular formula is C29H30ClNO3. The third-order valence-electron chi connectivity index (χ3n) is 8.12. The Kier molecular flexibility index (Phi) is 5.81. The molecule has 1 atom stereocenters. The maximum Gasteiger partial charge on any atom is 0.329 e. The van der Waals surface area contributed by atoms with E-state index in [9.17, 15) is 9.90 Å². The molecule has 0 unspecified atom stereocenters. The molecule has 1 saturated carbocycles. The van der Waals surface area contributed by atoms with Crippen LogP contribution < -0.4 is 10.1 Å². The number of hydrogen-bond donors (Lipinski definition) is 2. The zero-order chi connectivity index (χ0) is 23.9. The van der Waals surface area contributed by atoms with Gasteiger partial charge in [-0.15, -0.1) is 0 Å². The molecule has 3 aromatic rings. The monoisotopic (exact) mass is 475 g/mol. The van der Waals surface area contributed by atoms with E-state index in [0.29, 0.717) is 17.9 Å². The van der Waals surface area contributed by atoms with Gasteiger partial charge in [0.25, 0.3) is 0 Å². The van der Waals surface area contributed by atoms with E-state index >= 15 is 0 Å². The highest BCUT2D eigenvalue weighted by Gasteiger charge is 2.54. The molecule has 0 saturated heterocycles. The van der Waals surface area contributed by atoms with Crippen LogP contribution in [0, 0.1) is 6.92 Å². The van der Waals surface area contributed by atoms with Gasteiger partial charge >= 0.3 is 5.97 Å². The maximum absolute atomic E-state index is 12.6. The lowest BCUT2D eigenvalue weighted by Gasteiger charge is -2.47. The van der Waals surface area contributed by atoms with Gasteiger partial charge in [-0.05, 0) is 97.5 Å². The van der Waals surface area contributed by atoms with Gasteiger partial charge in [-0.1, -0.05) is 48.0 Å². The highest BCUT2D eigenvalue weighted by molar-refractivity contribution is 6.30. The van der Waals surface area contributed by atoms with E-state index in [-0.39, 0.29) is 11.3 Å². The average Bonchev–Trinajstić information content (AvgIpc) is 3.15. The summed E-state index contributed by atoms with van der Waals surface area (Å²) in [7, 11) is 1.71. The van der Waals surface area contributed by atoms with Gasteiger partial charge in [-0.2, -0.15) is 0 Å². The molecule has 1 spiro atoms. The summed E-state index contributed by atoms with van der Waals surface area (Å²) in [5, 5.41) is 14.3.